The van der Waals surface area contributed by atoms with Gasteiger partial charge in [-0.2, -0.15) is 0 Å². The van der Waals surface area contributed by atoms with E-state index in [-0.39, 0.29) is 0 Å². The molecule has 0 heterocycles. The summed E-state index contributed by atoms with van der Waals surface area (Å²) in [6, 6.07) is 0. The van der Waals surface area contributed by atoms with E-state index in [0.29, 0.717) is 5.92 Å². The highest BCUT2D eigenvalue weighted by Gasteiger charge is 2.18. The van der Waals surface area contributed by atoms with Gasteiger partial charge in [-0.05, 0) is 43.9 Å². The molecule has 1 rings (SSSR count). The van der Waals surface area contributed by atoms with Gasteiger partial charge in [0.1, 0.15) is 0 Å². The number of rotatable bonds is 3. The van der Waals surface area contributed by atoms with Crippen LogP contribution in [0.15, 0.2) is 11.6 Å². The molecule has 1 fully saturated rings. The van der Waals surface area contributed by atoms with Gasteiger partial charge in [0.05, 0.1) is 0 Å². The first-order valence-electron chi connectivity index (χ1n) is 5.50. The Morgan fingerprint density at radius 3 is 2.93 bits per heavy atom. The molecule has 80 valence electrons. The Balaban J connectivity index is 2.47. The fourth-order valence-corrected chi connectivity index (χ4v) is 2.37. The van der Waals surface area contributed by atoms with E-state index in [1.54, 1.807) is 0 Å². The van der Waals surface area contributed by atoms with Crippen LogP contribution in [0, 0.1) is 11.8 Å². The Bertz CT molecular complexity index is 228. The fourth-order valence-electron chi connectivity index (χ4n) is 2.37. The van der Waals surface area contributed by atoms with E-state index in [2.05, 4.69) is 13.8 Å². The minimum Gasteiger partial charge on any atom is -0.478 e. The first-order chi connectivity index (χ1) is 6.58. The first-order valence-corrected chi connectivity index (χ1v) is 5.50. The maximum absolute atomic E-state index is 10.5. The molecule has 0 aromatic rings. The molecular weight excluding hydrogens is 176 g/mol. The van der Waals surface area contributed by atoms with Crippen LogP contribution < -0.4 is 0 Å². The van der Waals surface area contributed by atoms with Gasteiger partial charge in [-0.15, -0.1) is 0 Å². The molecule has 1 unspecified atom stereocenters. The highest BCUT2D eigenvalue weighted by molar-refractivity contribution is 5.80. The zero-order chi connectivity index (χ0) is 10.6. The predicted molar refractivity (Wildman–Crippen MR) is 57.1 cm³/mol. The lowest BCUT2D eigenvalue weighted by molar-refractivity contribution is -0.131. The summed E-state index contributed by atoms with van der Waals surface area (Å²) in [6.07, 6.45) is 7.07. The molecule has 0 aromatic carbocycles. The molecule has 2 nitrogen and oxygen atoms in total. The molecule has 0 aromatic heterocycles. The van der Waals surface area contributed by atoms with Crippen LogP contribution in [0.5, 0.6) is 0 Å². The topological polar surface area (TPSA) is 37.3 Å². The quantitative estimate of drug-likeness (QED) is 0.703. The molecule has 0 spiro atoms. The average molecular weight is 196 g/mol. The van der Waals surface area contributed by atoms with Crippen molar-refractivity contribution in [2.75, 3.05) is 0 Å². The smallest absolute Gasteiger partial charge is 0.328 e. The lowest BCUT2D eigenvalue weighted by Crippen LogP contribution is -2.11. The van der Waals surface area contributed by atoms with Gasteiger partial charge in [-0.25, -0.2) is 4.79 Å². The van der Waals surface area contributed by atoms with Gasteiger partial charge in [0.15, 0.2) is 0 Å². The van der Waals surface area contributed by atoms with Gasteiger partial charge < -0.3 is 5.11 Å². The fraction of sp³-hybridized carbons (Fsp3) is 0.750. The van der Waals surface area contributed by atoms with E-state index in [9.17, 15) is 4.79 Å². The Labute approximate surface area is 86.0 Å². The number of allylic oxidation sites excluding steroid dienone is 1. The molecule has 0 bridgehead atoms. The Hall–Kier alpha value is -0.790. The van der Waals surface area contributed by atoms with Crippen molar-refractivity contribution in [3.8, 4) is 0 Å². The van der Waals surface area contributed by atoms with Crippen LogP contribution in [0.4, 0.5) is 0 Å². The average Bonchev–Trinajstić information content (AvgIpc) is 2.01. The molecule has 1 aliphatic carbocycles. The van der Waals surface area contributed by atoms with Crippen molar-refractivity contribution in [3.63, 3.8) is 0 Å². The maximum atomic E-state index is 10.5. The second-order valence-corrected chi connectivity index (χ2v) is 4.73. The highest BCUT2D eigenvalue weighted by atomic mass is 16.4. The summed E-state index contributed by atoms with van der Waals surface area (Å²) < 4.78 is 0. The van der Waals surface area contributed by atoms with Gasteiger partial charge >= 0.3 is 5.97 Å². The van der Waals surface area contributed by atoms with Crippen molar-refractivity contribution in [2.24, 2.45) is 11.8 Å². The largest absolute Gasteiger partial charge is 0.478 e. The van der Waals surface area contributed by atoms with Crippen molar-refractivity contribution >= 4 is 5.97 Å². The molecule has 0 amide bonds. The van der Waals surface area contributed by atoms with E-state index in [1.165, 1.54) is 18.9 Å². The predicted octanol–water partition coefficient (Wildman–Crippen LogP) is 3.23. The van der Waals surface area contributed by atoms with E-state index in [1.807, 2.05) is 0 Å². The van der Waals surface area contributed by atoms with Crippen LogP contribution in [0.1, 0.15) is 46.0 Å². The molecule has 0 saturated heterocycles. The van der Waals surface area contributed by atoms with Crippen LogP contribution >= 0.6 is 0 Å². The normalized spacial score (nSPS) is 25.6. The van der Waals surface area contributed by atoms with E-state index < -0.39 is 5.97 Å². The summed E-state index contributed by atoms with van der Waals surface area (Å²) >= 11 is 0. The summed E-state index contributed by atoms with van der Waals surface area (Å²) in [6.45, 7) is 4.46. The Kier molecular flexibility index (Phi) is 4.18. The first kappa shape index (κ1) is 11.3. The van der Waals surface area contributed by atoms with Crippen LogP contribution in [0.25, 0.3) is 0 Å². The monoisotopic (exact) mass is 196 g/mol. The molecule has 0 radical (unpaired) electrons. The second kappa shape index (κ2) is 5.18. The number of hydrogen-bond acceptors (Lipinski definition) is 1. The van der Waals surface area contributed by atoms with Crippen molar-refractivity contribution in [1.82, 2.24) is 0 Å². The van der Waals surface area contributed by atoms with E-state index >= 15 is 0 Å². The van der Waals surface area contributed by atoms with Crippen molar-refractivity contribution < 1.29 is 9.90 Å². The summed E-state index contributed by atoms with van der Waals surface area (Å²) in [7, 11) is 0. The summed E-state index contributed by atoms with van der Waals surface area (Å²) in [5, 5.41) is 8.66. The van der Waals surface area contributed by atoms with Gasteiger partial charge in [0.2, 0.25) is 0 Å². The van der Waals surface area contributed by atoms with E-state index in [4.69, 9.17) is 5.11 Å². The Morgan fingerprint density at radius 2 is 2.36 bits per heavy atom. The lowest BCUT2D eigenvalue weighted by atomic mass is 9.81. The minimum absolute atomic E-state index is 0.717. The van der Waals surface area contributed by atoms with Crippen LogP contribution in [-0.2, 0) is 4.79 Å². The van der Waals surface area contributed by atoms with Crippen LogP contribution in [-0.4, -0.2) is 11.1 Å². The summed E-state index contributed by atoms with van der Waals surface area (Å²) in [4.78, 5) is 10.5. The molecule has 1 saturated carbocycles. The number of hydrogen-bond donors (Lipinski definition) is 1. The molecule has 1 N–H and O–H groups in total. The third-order valence-electron chi connectivity index (χ3n) is 2.79. The van der Waals surface area contributed by atoms with Crippen LogP contribution in [0.3, 0.4) is 0 Å². The zero-order valence-electron chi connectivity index (χ0n) is 9.12. The third kappa shape index (κ3) is 3.95. The lowest BCUT2D eigenvalue weighted by Gasteiger charge is -2.25. The third-order valence-corrected chi connectivity index (χ3v) is 2.79. The van der Waals surface area contributed by atoms with Gasteiger partial charge in [-0.3, -0.25) is 0 Å². The molecular formula is C12H20O2. The van der Waals surface area contributed by atoms with Crippen molar-refractivity contribution in [3.05, 3.63) is 11.6 Å². The molecule has 2 heteroatoms. The molecule has 14 heavy (non-hydrogen) atoms. The maximum Gasteiger partial charge on any atom is 0.328 e. The highest BCUT2D eigenvalue weighted by Crippen LogP contribution is 2.32. The van der Waals surface area contributed by atoms with Crippen molar-refractivity contribution in [1.29, 1.82) is 0 Å². The zero-order valence-corrected chi connectivity index (χ0v) is 9.12. The van der Waals surface area contributed by atoms with Gasteiger partial charge in [0, 0.05) is 6.08 Å². The molecule has 1 atom stereocenters. The van der Waals surface area contributed by atoms with Gasteiger partial charge in [0.25, 0.3) is 0 Å². The SMILES string of the molecule is CC(C)CC1CCC/C(=C\C(=O)O)C1. The van der Waals surface area contributed by atoms with Crippen molar-refractivity contribution in [2.45, 2.75) is 46.0 Å². The number of carbonyl (C=O) groups is 1. The summed E-state index contributed by atoms with van der Waals surface area (Å²) in [5.74, 6) is 0.656. The number of carboxylic acid groups (broad SMARTS) is 1. The molecule has 1 aliphatic rings. The van der Waals surface area contributed by atoms with E-state index in [0.717, 1.165) is 30.8 Å². The minimum atomic E-state index is -0.787. The number of carboxylic acids is 1. The summed E-state index contributed by atoms with van der Waals surface area (Å²) in [5.41, 5.74) is 1.13. The Morgan fingerprint density at radius 1 is 1.64 bits per heavy atom. The molecule has 0 aliphatic heterocycles. The number of aliphatic carboxylic acids is 1. The van der Waals surface area contributed by atoms with Crippen LogP contribution in [0.2, 0.25) is 0 Å². The standard InChI is InChI=1S/C12H20O2/c1-9(2)6-10-4-3-5-11(7-10)8-12(13)14/h8-10H,3-7H2,1-2H3,(H,13,14)/b11-8+. The van der Waals surface area contributed by atoms with Gasteiger partial charge in [-0.1, -0.05) is 19.4 Å². The second-order valence-electron chi connectivity index (χ2n) is 4.73.